The van der Waals surface area contributed by atoms with Gasteiger partial charge in [-0.15, -0.1) is 0 Å². The van der Waals surface area contributed by atoms with Gasteiger partial charge in [-0.3, -0.25) is 0 Å². The molecule has 24 heavy (non-hydrogen) atoms. The first-order valence-corrected chi connectivity index (χ1v) is 8.46. The summed E-state index contributed by atoms with van der Waals surface area (Å²) in [6.07, 6.45) is 1.73. The number of aryl methyl sites for hydroxylation is 1. The fourth-order valence-electron chi connectivity index (χ4n) is 2.60. The molecule has 0 saturated carbocycles. The highest BCUT2D eigenvalue weighted by Gasteiger charge is 2.11. The number of hydrogen-bond acceptors (Lipinski definition) is 3. The Morgan fingerprint density at radius 1 is 1.12 bits per heavy atom. The zero-order valence-electron chi connectivity index (χ0n) is 13.1. The summed E-state index contributed by atoms with van der Waals surface area (Å²) in [6, 6.07) is 12.4. The Labute approximate surface area is 149 Å². The molecular weight excluding hydrogens is 347 g/mol. The lowest BCUT2D eigenvalue weighted by atomic mass is 10.1. The standard InChI is InChI=1S/C19H16Cl2O3/c1-2-4-13-8-19(22)24-17-10-18(16(21)9-15(13)17)23-11-12-5-3-6-14(20)7-12/h3,5-10H,2,4,11H2,1H3. The van der Waals surface area contributed by atoms with Gasteiger partial charge >= 0.3 is 5.63 Å². The molecule has 1 heterocycles. The van der Waals surface area contributed by atoms with Crippen LogP contribution in [0.15, 0.2) is 51.7 Å². The zero-order chi connectivity index (χ0) is 17.1. The third kappa shape index (κ3) is 3.74. The monoisotopic (exact) mass is 362 g/mol. The Morgan fingerprint density at radius 2 is 1.96 bits per heavy atom. The molecule has 124 valence electrons. The molecule has 0 aliphatic carbocycles. The first kappa shape index (κ1) is 16.9. The smallest absolute Gasteiger partial charge is 0.336 e. The van der Waals surface area contributed by atoms with Gasteiger partial charge in [0.15, 0.2) is 0 Å². The maximum atomic E-state index is 11.7. The van der Waals surface area contributed by atoms with Crippen molar-refractivity contribution in [3.8, 4) is 5.75 Å². The number of benzene rings is 2. The number of halogens is 2. The van der Waals surface area contributed by atoms with E-state index in [1.807, 2.05) is 18.2 Å². The van der Waals surface area contributed by atoms with Crippen LogP contribution in [0.3, 0.4) is 0 Å². The highest BCUT2D eigenvalue weighted by atomic mass is 35.5. The molecule has 0 amide bonds. The SMILES string of the molecule is CCCc1cc(=O)oc2cc(OCc3cccc(Cl)c3)c(Cl)cc12. The number of ether oxygens (including phenoxy) is 1. The van der Waals surface area contributed by atoms with Gasteiger partial charge in [-0.25, -0.2) is 4.79 Å². The van der Waals surface area contributed by atoms with E-state index in [-0.39, 0.29) is 5.63 Å². The van der Waals surface area contributed by atoms with Crippen LogP contribution in [-0.2, 0) is 13.0 Å². The Morgan fingerprint density at radius 3 is 2.71 bits per heavy atom. The summed E-state index contributed by atoms with van der Waals surface area (Å²) in [6.45, 7) is 2.38. The van der Waals surface area contributed by atoms with Crippen molar-refractivity contribution in [2.45, 2.75) is 26.4 Å². The molecule has 1 aromatic heterocycles. The molecule has 0 aliphatic rings. The zero-order valence-corrected chi connectivity index (χ0v) is 14.7. The van der Waals surface area contributed by atoms with Crippen molar-refractivity contribution >= 4 is 34.2 Å². The number of hydrogen-bond donors (Lipinski definition) is 0. The quantitative estimate of drug-likeness (QED) is 0.552. The average Bonchev–Trinajstić information content (AvgIpc) is 2.54. The minimum atomic E-state index is -0.367. The Balaban J connectivity index is 1.94. The summed E-state index contributed by atoms with van der Waals surface area (Å²) < 4.78 is 11.1. The van der Waals surface area contributed by atoms with E-state index in [2.05, 4.69) is 6.92 Å². The first-order valence-electron chi connectivity index (χ1n) is 7.70. The van der Waals surface area contributed by atoms with Crippen LogP contribution in [0.25, 0.3) is 11.0 Å². The molecule has 0 atom stereocenters. The van der Waals surface area contributed by atoms with Crippen LogP contribution in [0.4, 0.5) is 0 Å². The van der Waals surface area contributed by atoms with Crippen molar-refractivity contribution in [2.75, 3.05) is 0 Å². The average molecular weight is 363 g/mol. The lowest BCUT2D eigenvalue weighted by Gasteiger charge is -2.11. The van der Waals surface area contributed by atoms with Crippen molar-refractivity contribution in [1.82, 2.24) is 0 Å². The van der Waals surface area contributed by atoms with Crippen molar-refractivity contribution in [2.24, 2.45) is 0 Å². The fraction of sp³-hybridized carbons (Fsp3) is 0.211. The van der Waals surface area contributed by atoms with E-state index in [1.165, 1.54) is 6.07 Å². The summed E-state index contributed by atoms with van der Waals surface area (Å²) in [5.41, 5.74) is 1.98. The molecule has 3 rings (SSSR count). The predicted octanol–water partition coefficient (Wildman–Crippen LogP) is 5.63. The molecule has 5 heteroatoms. The van der Waals surface area contributed by atoms with Gasteiger partial charge in [0.2, 0.25) is 0 Å². The van der Waals surface area contributed by atoms with Gasteiger partial charge in [-0.1, -0.05) is 48.7 Å². The van der Waals surface area contributed by atoms with Gasteiger partial charge < -0.3 is 9.15 Å². The number of fused-ring (bicyclic) bond motifs is 1. The molecule has 0 unspecified atom stereocenters. The van der Waals surface area contributed by atoms with Gasteiger partial charge in [0.05, 0.1) is 5.02 Å². The Hall–Kier alpha value is -1.97. The molecule has 3 aromatic rings. The summed E-state index contributed by atoms with van der Waals surface area (Å²) in [5, 5.41) is 1.98. The fourth-order valence-corrected chi connectivity index (χ4v) is 3.03. The van der Waals surface area contributed by atoms with E-state index in [0.717, 1.165) is 29.4 Å². The van der Waals surface area contributed by atoms with Crippen molar-refractivity contribution in [1.29, 1.82) is 0 Å². The molecule has 0 fully saturated rings. The summed E-state index contributed by atoms with van der Waals surface area (Å²) in [5.74, 6) is 0.473. The van der Waals surface area contributed by atoms with Gasteiger partial charge in [-0.05, 0) is 35.7 Å². The largest absolute Gasteiger partial charge is 0.487 e. The lowest BCUT2D eigenvalue weighted by Crippen LogP contribution is -2.02. The van der Waals surface area contributed by atoms with Gasteiger partial charge in [0.1, 0.15) is 17.9 Å². The maximum Gasteiger partial charge on any atom is 0.336 e. The summed E-state index contributed by atoms with van der Waals surface area (Å²) in [7, 11) is 0. The minimum absolute atomic E-state index is 0.324. The third-order valence-corrected chi connectivity index (χ3v) is 4.22. The molecular formula is C19H16Cl2O3. The van der Waals surface area contributed by atoms with Crippen LogP contribution in [0, 0.1) is 0 Å². The van der Waals surface area contributed by atoms with Crippen LogP contribution >= 0.6 is 23.2 Å². The predicted molar refractivity (Wildman–Crippen MR) is 97.3 cm³/mol. The van der Waals surface area contributed by atoms with E-state index in [0.29, 0.717) is 28.0 Å². The van der Waals surface area contributed by atoms with Crippen molar-refractivity contribution in [3.05, 3.63) is 74.1 Å². The van der Waals surface area contributed by atoms with E-state index >= 15 is 0 Å². The molecule has 0 radical (unpaired) electrons. The second kappa shape index (κ2) is 7.29. The lowest BCUT2D eigenvalue weighted by molar-refractivity contribution is 0.306. The summed E-state index contributed by atoms with van der Waals surface area (Å²) in [4.78, 5) is 11.7. The molecule has 0 spiro atoms. The molecule has 0 aliphatic heterocycles. The summed E-state index contributed by atoms with van der Waals surface area (Å²) >= 11 is 12.3. The van der Waals surface area contributed by atoms with Gasteiger partial charge in [0.25, 0.3) is 0 Å². The van der Waals surface area contributed by atoms with Crippen LogP contribution in [0.1, 0.15) is 24.5 Å². The van der Waals surface area contributed by atoms with Crippen LogP contribution in [0.5, 0.6) is 5.75 Å². The molecule has 2 aromatic carbocycles. The first-order chi connectivity index (χ1) is 11.6. The second-order valence-electron chi connectivity index (χ2n) is 5.54. The highest BCUT2D eigenvalue weighted by molar-refractivity contribution is 6.32. The maximum absolute atomic E-state index is 11.7. The van der Waals surface area contributed by atoms with E-state index in [1.54, 1.807) is 18.2 Å². The van der Waals surface area contributed by atoms with Gasteiger partial charge in [-0.2, -0.15) is 0 Å². The molecule has 3 nitrogen and oxygen atoms in total. The number of rotatable bonds is 5. The molecule has 0 saturated heterocycles. The van der Waals surface area contributed by atoms with Crippen molar-refractivity contribution < 1.29 is 9.15 Å². The van der Waals surface area contributed by atoms with Crippen LogP contribution < -0.4 is 10.4 Å². The molecule has 0 bridgehead atoms. The minimum Gasteiger partial charge on any atom is -0.487 e. The normalized spacial score (nSPS) is 11.0. The van der Waals surface area contributed by atoms with Crippen LogP contribution in [0.2, 0.25) is 10.0 Å². The highest BCUT2D eigenvalue weighted by Crippen LogP contribution is 2.32. The molecule has 0 N–H and O–H groups in total. The second-order valence-corrected chi connectivity index (χ2v) is 6.38. The van der Waals surface area contributed by atoms with E-state index in [4.69, 9.17) is 32.4 Å². The van der Waals surface area contributed by atoms with Crippen LogP contribution in [-0.4, -0.2) is 0 Å². The third-order valence-electron chi connectivity index (χ3n) is 3.69. The Kier molecular flexibility index (Phi) is 5.12. The topological polar surface area (TPSA) is 39.4 Å². The van der Waals surface area contributed by atoms with Crippen molar-refractivity contribution in [3.63, 3.8) is 0 Å². The van der Waals surface area contributed by atoms with E-state index < -0.39 is 0 Å². The Bertz CT molecular complexity index is 932. The van der Waals surface area contributed by atoms with Gasteiger partial charge in [0, 0.05) is 22.5 Å². The van der Waals surface area contributed by atoms with E-state index in [9.17, 15) is 4.79 Å².